The second kappa shape index (κ2) is 6.33. The molecule has 1 aromatic rings. The van der Waals surface area contributed by atoms with Crippen molar-refractivity contribution in [3.63, 3.8) is 0 Å². The first kappa shape index (κ1) is 16.6. The molecule has 0 N–H and O–H groups in total. The number of benzene rings is 1. The third-order valence-electron chi connectivity index (χ3n) is 5.50. The molecular formula is C18H22F4O. The Morgan fingerprint density at radius 3 is 2.35 bits per heavy atom. The number of halogens is 4. The first-order valence-corrected chi connectivity index (χ1v) is 8.39. The summed E-state index contributed by atoms with van der Waals surface area (Å²) in [7, 11) is 0. The Bertz CT molecular complexity index is 559. The van der Waals surface area contributed by atoms with Crippen LogP contribution in [0.5, 0.6) is 5.75 Å². The number of rotatable bonds is 2. The molecule has 1 fully saturated rings. The zero-order chi connectivity index (χ0) is 16.6. The molecule has 23 heavy (non-hydrogen) atoms. The smallest absolute Gasteiger partial charge is 0.403 e. The lowest BCUT2D eigenvalue weighted by molar-refractivity contribution is -0.275. The van der Waals surface area contributed by atoms with Gasteiger partial charge in [-0.2, -0.15) is 0 Å². The third-order valence-corrected chi connectivity index (χ3v) is 5.50. The van der Waals surface area contributed by atoms with E-state index in [0.29, 0.717) is 23.8 Å². The normalized spacial score (nSPS) is 28.3. The van der Waals surface area contributed by atoms with Crippen LogP contribution in [0, 0.1) is 23.6 Å². The molecule has 0 aromatic heterocycles. The molecule has 2 aliphatic carbocycles. The van der Waals surface area contributed by atoms with Crippen molar-refractivity contribution >= 4 is 0 Å². The SMILES string of the molecule is CC1CCC(C2CCc3c(ccc(OC(F)(F)F)c3F)C2)CC1. The Balaban J connectivity index is 1.73. The van der Waals surface area contributed by atoms with Gasteiger partial charge in [0.1, 0.15) is 0 Å². The summed E-state index contributed by atoms with van der Waals surface area (Å²) in [5.41, 5.74) is 1.26. The number of fused-ring (bicyclic) bond motifs is 1. The van der Waals surface area contributed by atoms with Crippen LogP contribution < -0.4 is 4.74 Å². The maximum atomic E-state index is 14.3. The zero-order valence-corrected chi connectivity index (χ0v) is 13.3. The van der Waals surface area contributed by atoms with E-state index in [2.05, 4.69) is 11.7 Å². The minimum atomic E-state index is -4.86. The molecule has 0 spiro atoms. The molecule has 0 saturated heterocycles. The highest BCUT2D eigenvalue weighted by Crippen LogP contribution is 2.41. The van der Waals surface area contributed by atoms with E-state index in [1.807, 2.05) is 0 Å². The van der Waals surface area contributed by atoms with Gasteiger partial charge in [-0.15, -0.1) is 13.2 Å². The molecule has 1 aromatic carbocycles. The Kier molecular flexibility index (Phi) is 4.56. The zero-order valence-electron chi connectivity index (χ0n) is 13.3. The van der Waals surface area contributed by atoms with E-state index in [-0.39, 0.29) is 0 Å². The van der Waals surface area contributed by atoms with Crippen molar-refractivity contribution < 1.29 is 22.3 Å². The first-order valence-electron chi connectivity index (χ1n) is 8.39. The van der Waals surface area contributed by atoms with Gasteiger partial charge in [0.05, 0.1) is 0 Å². The summed E-state index contributed by atoms with van der Waals surface area (Å²) in [5, 5.41) is 0. The molecule has 3 rings (SSSR count). The van der Waals surface area contributed by atoms with Gasteiger partial charge in [0.25, 0.3) is 0 Å². The van der Waals surface area contributed by atoms with Crippen LogP contribution in [-0.2, 0) is 12.8 Å². The van der Waals surface area contributed by atoms with Gasteiger partial charge < -0.3 is 4.74 Å². The number of alkyl halides is 3. The van der Waals surface area contributed by atoms with Crippen LogP contribution in [0.1, 0.15) is 50.2 Å². The lowest BCUT2D eigenvalue weighted by Crippen LogP contribution is -2.27. The fraction of sp³-hybridized carbons (Fsp3) is 0.667. The lowest BCUT2D eigenvalue weighted by atomic mass is 9.70. The van der Waals surface area contributed by atoms with Crippen LogP contribution in [0.15, 0.2) is 12.1 Å². The van der Waals surface area contributed by atoms with Crippen molar-refractivity contribution in [3.8, 4) is 5.75 Å². The van der Waals surface area contributed by atoms with Crippen LogP contribution in [0.25, 0.3) is 0 Å². The maximum Gasteiger partial charge on any atom is 0.573 e. The van der Waals surface area contributed by atoms with Crippen LogP contribution in [0.4, 0.5) is 17.6 Å². The summed E-state index contributed by atoms with van der Waals surface area (Å²) in [4.78, 5) is 0. The molecule has 1 atom stereocenters. The molecule has 0 radical (unpaired) electrons. The Labute approximate surface area is 134 Å². The van der Waals surface area contributed by atoms with E-state index >= 15 is 0 Å². The van der Waals surface area contributed by atoms with Crippen LogP contribution >= 0.6 is 0 Å². The minimum Gasteiger partial charge on any atom is -0.403 e. The van der Waals surface area contributed by atoms with Gasteiger partial charge in [-0.05, 0) is 67.1 Å². The fourth-order valence-corrected chi connectivity index (χ4v) is 4.18. The third kappa shape index (κ3) is 3.81. The Morgan fingerprint density at radius 1 is 1.00 bits per heavy atom. The second-order valence-corrected chi connectivity index (χ2v) is 7.09. The van der Waals surface area contributed by atoms with Crippen molar-refractivity contribution in [2.75, 3.05) is 0 Å². The molecule has 0 aliphatic heterocycles. The van der Waals surface area contributed by atoms with Gasteiger partial charge in [-0.3, -0.25) is 0 Å². The number of ether oxygens (including phenoxy) is 1. The monoisotopic (exact) mass is 330 g/mol. The number of hydrogen-bond acceptors (Lipinski definition) is 1. The summed E-state index contributed by atoms with van der Waals surface area (Å²) in [6.07, 6.45) is 2.23. The molecular weight excluding hydrogens is 308 g/mol. The van der Waals surface area contributed by atoms with Gasteiger partial charge in [0.15, 0.2) is 11.6 Å². The highest BCUT2D eigenvalue weighted by molar-refractivity contribution is 5.39. The van der Waals surface area contributed by atoms with Crippen molar-refractivity contribution in [3.05, 3.63) is 29.1 Å². The van der Waals surface area contributed by atoms with Gasteiger partial charge >= 0.3 is 6.36 Å². The van der Waals surface area contributed by atoms with Crippen LogP contribution in [-0.4, -0.2) is 6.36 Å². The predicted octanol–water partition coefficient (Wildman–Crippen LogP) is 5.66. The van der Waals surface area contributed by atoms with Crippen molar-refractivity contribution in [2.45, 2.75) is 58.2 Å². The summed E-state index contributed by atoms with van der Waals surface area (Å²) in [6.45, 7) is 2.28. The summed E-state index contributed by atoms with van der Waals surface area (Å²) >= 11 is 0. The number of hydrogen-bond donors (Lipinski definition) is 0. The molecule has 0 heterocycles. The molecule has 1 unspecified atom stereocenters. The molecule has 0 bridgehead atoms. The summed E-state index contributed by atoms with van der Waals surface area (Å²) in [5.74, 6) is 0.454. The Morgan fingerprint density at radius 2 is 1.70 bits per heavy atom. The van der Waals surface area contributed by atoms with Gasteiger partial charge in [-0.1, -0.05) is 25.8 Å². The van der Waals surface area contributed by atoms with E-state index in [1.54, 1.807) is 6.07 Å². The molecule has 2 aliphatic rings. The summed E-state index contributed by atoms with van der Waals surface area (Å²) in [6, 6.07) is 2.73. The van der Waals surface area contributed by atoms with Crippen LogP contribution in [0.3, 0.4) is 0 Å². The second-order valence-electron chi connectivity index (χ2n) is 7.09. The molecule has 1 nitrogen and oxygen atoms in total. The standard InChI is InChI=1S/C18H22F4O/c1-11-2-4-12(5-3-11)13-6-8-15-14(10-13)7-9-16(17(15)19)23-18(20,21)22/h7,9,11-13H,2-6,8,10H2,1H3. The molecule has 0 amide bonds. The average Bonchev–Trinajstić information content (AvgIpc) is 2.49. The largest absolute Gasteiger partial charge is 0.573 e. The van der Waals surface area contributed by atoms with Crippen molar-refractivity contribution in [1.82, 2.24) is 0 Å². The highest BCUT2D eigenvalue weighted by atomic mass is 19.4. The molecule has 1 saturated carbocycles. The van der Waals surface area contributed by atoms with Gasteiger partial charge in [-0.25, -0.2) is 4.39 Å². The molecule has 5 heteroatoms. The predicted molar refractivity (Wildman–Crippen MR) is 79.7 cm³/mol. The van der Waals surface area contributed by atoms with Gasteiger partial charge in [0.2, 0.25) is 0 Å². The molecule has 128 valence electrons. The van der Waals surface area contributed by atoms with E-state index < -0.39 is 17.9 Å². The lowest BCUT2D eigenvalue weighted by Gasteiger charge is -2.36. The van der Waals surface area contributed by atoms with Crippen LogP contribution in [0.2, 0.25) is 0 Å². The average molecular weight is 330 g/mol. The fourth-order valence-electron chi connectivity index (χ4n) is 4.18. The van der Waals surface area contributed by atoms with Crippen molar-refractivity contribution in [2.24, 2.45) is 17.8 Å². The Hall–Kier alpha value is -1.26. The summed E-state index contributed by atoms with van der Waals surface area (Å²) < 4.78 is 55.0. The van der Waals surface area contributed by atoms with E-state index in [4.69, 9.17) is 0 Å². The van der Waals surface area contributed by atoms with E-state index in [1.165, 1.54) is 25.7 Å². The minimum absolute atomic E-state index is 0.409. The van der Waals surface area contributed by atoms with E-state index in [9.17, 15) is 17.6 Å². The van der Waals surface area contributed by atoms with E-state index in [0.717, 1.165) is 30.4 Å². The first-order chi connectivity index (χ1) is 10.8. The van der Waals surface area contributed by atoms with Crippen molar-refractivity contribution in [1.29, 1.82) is 0 Å². The highest BCUT2D eigenvalue weighted by Gasteiger charge is 2.35. The maximum absolute atomic E-state index is 14.3. The van der Waals surface area contributed by atoms with Gasteiger partial charge in [0, 0.05) is 0 Å². The quantitative estimate of drug-likeness (QED) is 0.636. The topological polar surface area (TPSA) is 9.23 Å².